The zero-order valence-electron chi connectivity index (χ0n) is 14.5. The molecule has 1 aliphatic heterocycles. The van der Waals surface area contributed by atoms with Crippen LogP contribution in [0.3, 0.4) is 0 Å². The van der Waals surface area contributed by atoms with Gasteiger partial charge in [0.25, 0.3) is 0 Å². The molecule has 0 aliphatic carbocycles. The summed E-state index contributed by atoms with van der Waals surface area (Å²) in [6.45, 7) is 7.51. The zero-order chi connectivity index (χ0) is 17.1. The molecule has 1 saturated heterocycles. The van der Waals surface area contributed by atoms with Gasteiger partial charge in [0.2, 0.25) is 11.8 Å². The van der Waals surface area contributed by atoms with Crippen molar-refractivity contribution in [3.05, 3.63) is 41.5 Å². The van der Waals surface area contributed by atoms with E-state index in [0.717, 1.165) is 43.1 Å². The smallest absolute Gasteiger partial charge is 0.241 e. The van der Waals surface area contributed by atoms with Gasteiger partial charge in [-0.1, -0.05) is 23.4 Å². The average molecular weight is 328 g/mol. The van der Waals surface area contributed by atoms with Gasteiger partial charge in [-0.05, 0) is 58.3 Å². The molecule has 1 N–H and O–H groups in total. The number of benzene rings is 1. The SMILES string of the molecule is Cc1noc(C2CCN(C(C)C(=O)Nc3ccccc3C)CC2)n1. The van der Waals surface area contributed by atoms with Gasteiger partial charge in [0.05, 0.1) is 6.04 Å². The molecule has 2 heterocycles. The maximum absolute atomic E-state index is 12.5. The lowest BCUT2D eigenvalue weighted by Crippen LogP contribution is -2.45. The predicted octanol–water partition coefficient (Wildman–Crippen LogP) is 2.89. The summed E-state index contributed by atoms with van der Waals surface area (Å²) in [5, 5.41) is 6.90. The first kappa shape index (κ1) is 16.6. The van der Waals surface area contributed by atoms with Gasteiger partial charge in [-0.15, -0.1) is 0 Å². The zero-order valence-corrected chi connectivity index (χ0v) is 14.5. The summed E-state index contributed by atoms with van der Waals surface area (Å²) in [5.74, 6) is 1.74. The maximum atomic E-state index is 12.5. The van der Waals surface area contributed by atoms with Gasteiger partial charge in [-0.3, -0.25) is 9.69 Å². The molecule has 24 heavy (non-hydrogen) atoms. The molecule has 1 aromatic carbocycles. The molecule has 128 valence electrons. The first-order valence-electron chi connectivity index (χ1n) is 8.45. The average Bonchev–Trinajstić information content (AvgIpc) is 3.03. The van der Waals surface area contributed by atoms with Crippen molar-refractivity contribution in [2.24, 2.45) is 0 Å². The molecule has 6 nitrogen and oxygen atoms in total. The molecule has 1 aromatic heterocycles. The molecule has 1 atom stereocenters. The van der Waals surface area contributed by atoms with E-state index < -0.39 is 0 Å². The Kier molecular flexibility index (Phi) is 4.94. The molecular formula is C18H24N4O2. The molecule has 1 aliphatic rings. The molecule has 1 amide bonds. The van der Waals surface area contributed by atoms with Crippen LogP contribution < -0.4 is 5.32 Å². The van der Waals surface area contributed by atoms with Crippen molar-refractivity contribution in [2.45, 2.75) is 45.6 Å². The lowest BCUT2D eigenvalue weighted by Gasteiger charge is -2.34. The molecule has 1 unspecified atom stereocenters. The standard InChI is InChI=1S/C18H24N4O2/c1-12-6-4-5-7-16(12)20-17(23)13(2)22-10-8-15(9-11-22)18-19-14(3)21-24-18/h4-7,13,15H,8-11H2,1-3H3,(H,20,23). The van der Waals surface area contributed by atoms with Crippen LogP contribution in [0, 0.1) is 13.8 Å². The van der Waals surface area contributed by atoms with Gasteiger partial charge < -0.3 is 9.84 Å². The quantitative estimate of drug-likeness (QED) is 0.934. The number of nitrogens with one attached hydrogen (secondary N) is 1. The van der Waals surface area contributed by atoms with Gasteiger partial charge in [0.1, 0.15) is 0 Å². The molecule has 0 saturated carbocycles. The number of nitrogens with zero attached hydrogens (tertiary/aromatic N) is 3. The summed E-state index contributed by atoms with van der Waals surface area (Å²) in [6.07, 6.45) is 1.87. The normalized spacial score (nSPS) is 17.6. The van der Waals surface area contributed by atoms with Crippen LogP contribution in [0.15, 0.2) is 28.8 Å². The monoisotopic (exact) mass is 328 g/mol. The highest BCUT2D eigenvalue weighted by molar-refractivity contribution is 5.95. The van der Waals surface area contributed by atoms with Crippen molar-refractivity contribution in [3.63, 3.8) is 0 Å². The number of piperidine rings is 1. The fourth-order valence-corrected chi connectivity index (χ4v) is 3.13. The Morgan fingerprint density at radius 1 is 1.29 bits per heavy atom. The highest BCUT2D eigenvalue weighted by Crippen LogP contribution is 2.27. The van der Waals surface area contributed by atoms with Crippen molar-refractivity contribution < 1.29 is 9.32 Å². The number of para-hydroxylation sites is 1. The first-order valence-corrected chi connectivity index (χ1v) is 8.45. The van der Waals surface area contributed by atoms with E-state index in [1.807, 2.05) is 45.0 Å². The Morgan fingerprint density at radius 2 is 2.00 bits per heavy atom. The number of aryl methyl sites for hydroxylation is 2. The third-order valence-electron chi connectivity index (χ3n) is 4.75. The van der Waals surface area contributed by atoms with Crippen LogP contribution in [0.5, 0.6) is 0 Å². The van der Waals surface area contributed by atoms with E-state index in [1.165, 1.54) is 0 Å². The second-order valence-electron chi connectivity index (χ2n) is 6.47. The Labute approximate surface area is 142 Å². The molecule has 0 radical (unpaired) electrons. The highest BCUT2D eigenvalue weighted by Gasteiger charge is 2.29. The topological polar surface area (TPSA) is 71.3 Å². The van der Waals surface area contributed by atoms with Crippen LogP contribution in [0.1, 0.15) is 43.0 Å². The molecule has 6 heteroatoms. The van der Waals surface area contributed by atoms with E-state index in [1.54, 1.807) is 0 Å². The Bertz CT molecular complexity index is 705. The van der Waals surface area contributed by atoms with E-state index in [4.69, 9.17) is 4.52 Å². The second-order valence-corrected chi connectivity index (χ2v) is 6.47. The fourth-order valence-electron chi connectivity index (χ4n) is 3.13. The number of anilines is 1. The number of rotatable bonds is 4. The predicted molar refractivity (Wildman–Crippen MR) is 91.9 cm³/mol. The van der Waals surface area contributed by atoms with Crippen molar-refractivity contribution in [1.82, 2.24) is 15.0 Å². The van der Waals surface area contributed by atoms with Crippen molar-refractivity contribution in [1.29, 1.82) is 0 Å². The largest absolute Gasteiger partial charge is 0.339 e. The van der Waals surface area contributed by atoms with Crippen LogP contribution in [-0.4, -0.2) is 40.1 Å². The summed E-state index contributed by atoms with van der Waals surface area (Å²) in [4.78, 5) is 19.1. The van der Waals surface area contributed by atoms with Crippen LogP contribution in [0.4, 0.5) is 5.69 Å². The molecule has 2 aromatic rings. The maximum Gasteiger partial charge on any atom is 0.241 e. The number of aromatic nitrogens is 2. The third-order valence-corrected chi connectivity index (χ3v) is 4.75. The van der Waals surface area contributed by atoms with Crippen LogP contribution in [0.25, 0.3) is 0 Å². The Hall–Kier alpha value is -2.21. The summed E-state index contributed by atoms with van der Waals surface area (Å²) >= 11 is 0. The van der Waals surface area contributed by atoms with E-state index in [2.05, 4.69) is 20.4 Å². The summed E-state index contributed by atoms with van der Waals surface area (Å²) in [6, 6.07) is 7.68. The molecule has 1 fully saturated rings. The molecular weight excluding hydrogens is 304 g/mol. The van der Waals surface area contributed by atoms with Gasteiger partial charge in [0.15, 0.2) is 5.82 Å². The van der Waals surface area contributed by atoms with Crippen LogP contribution >= 0.6 is 0 Å². The van der Waals surface area contributed by atoms with Crippen LogP contribution in [-0.2, 0) is 4.79 Å². The highest BCUT2D eigenvalue weighted by atomic mass is 16.5. The number of likely N-dealkylation sites (tertiary alicyclic amines) is 1. The first-order chi connectivity index (χ1) is 11.5. The number of hydrogen-bond acceptors (Lipinski definition) is 5. The van der Waals surface area contributed by atoms with Crippen molar-refractivity contribution >= 4 is 11.6 Å². The number of carbonyl (C=O) groups excluding carboxylic acids is 1. The van der Waals surface area contributed by atoms with E-state index >= 15 is 0 Å². The lowest BCUT2D eigenvalue weighted by molar-refractivity contribution is -0.121. The van der Waals surface area contributed by atoms with Gasteiger partial charge >= 0.3 is 0 Å². The summed E-state index contributed by atoms with van der Waals surface area (Å²) in [7, 11) is 0. The van der Waals surface area contributed by atoms with E-state index in [9.17, 15) is 4.79 Å². The van der Waals surface area contributed by atoms with Gasteiger partial charge in [0, 0.05) is 11.6 Å². The molecule has 0 bridgehead atoms. The van der Waals surface area contributed by atoms with E-state index in [0.29, 0.717) is 11.7 Å². The fraction of sp³-hybridized carbons (Fsp3) is 0.500. The lowest BCUT2D eigenvalue weighted by atomic mass is 9.95. The van der Waals surface area contributed by atoms with Gasteiger partial charge in [-0.25, -0.2) is 0 Å². The Morgan fingerprint density at radius 3 is 2.62 bits per heavy atom. The third kappa shape index (κ3) is 3.64. The van der Waals surface area contributed by atoms with Crippen molar-refractivity contribution in [3.8, 4) is 0 Å². The minimum absolute atomic E-state index is 0.0383. The Balaban J connectivity index is 1.55. The minimum atomic E-state index is -0.157. The van der Waals surface area contributed by atoms with E-state index in [-0.39, 0.29) is 11.9 Å². The number of amides is 1. The van der Waals surface area contributed by atoms with Crippen LogP contribution in [0.2, 0.25) is 0 Å². The number of hydrogen-bond donors (Lipinski definition) is 1. The number of carbonyl (C=O) groups is 1. The summed E-state index contributed by atoms with van der Waals surface area (Å²) < 4.78 is 5.28. The summed E-state index contributed by atoms with van der Waals surface area (Å²) in [5.41, 5.74) is 1.95. The second kappa shape index (κ2) is 7.13. The van der Waals surface area contributed by atoms with Gasteiger partial charge in [-0.2, -0.15) is 4.98 Å². The molecule has 0 spiro atoms. The molecule has 3 rings (SSSR count). The van der Waals surface area contributed by atoms with Crippen molar-refractivity contribution in [2.75, 3.05) is 18.4 Å². The minimum Gasteiger partial charge on any atom is -0.339 e.